The zero-order chi connectivity index (χ0) is 21.7. The molecule has 1 amide bonds. The first kappa shape index (κ1) is 21.8. The van der Waals surface area contributed by atoms with Crippen molar-refractivity contribution in [3.63, 3.8) is 0 Å². The molecule has 0 spiro atoms. The summed E-state index contributed by atoms with van der Waals surface area (Å²) in [7, 11) is 1.54. The number of nitrogens with zero attached hydrogens (tertiary/aromatic N) is 1. The second kappa shape index (κ2) is 9.30. The predicted octanol–water partition coefficient (Wildman–Crippen LogP) is 3.90. The number of hydrogen-bond donors (Lipinski definition) is 2. The molecule has 30 heavy (non-hydrogen) atoms. The van der Waals surface area contributed by atoms with Crippen molar-refractivity contribution >= 4 is 5.91 Å². The van der Waals surface area contributed by atoms with Crippen LogP contribution in [0.1, 0.15) is 36.5 Å². The quantitative estimate of drug-likeness (QED) is 0.678. The maximum absolute atomic E-state index is 14.5. The number of piperidine rings is 1. The van der Waals surface area contributed by atoms with Crippen molar-refractivity contribution < 1.29 is 19.0 Å². The van der Waals surface area contributed by atoms with Crippen LogP contribution in [-0.4, -0.2) is 36.1 Å². The SMILES string of the molecule is C=CCc1cc(CN2CCC(NC(C)=O)(c3ccccc3F)CC2)cc(OC)c1O. The van der Waals surface area contributed by atoms with Crippen LogP contribution in [0, 0.1) is 5.82 Å². The lowest BCUT2D eigenvalue weighted by Gasteiger charge is -2.42. The van der Waals surface area contributed by atoms with E-state index in [2.05, 4.69) is 16.8 Å². The minimum absolute atomic E-state index is 0.143. The highest BCUT2D eigenvalue weighted by Crippen LogP contribution is 2.36. The molecule has 1 aliphatic heterocycles. The standard InChI is InChI=1S/C24H29FN2O3/c1-4-7-19-14-18(15-22(30-3)23(19)29)16-27-12-10-24(11-13-27,26-17(2)28)20-8-5-6-9-21(20)25/h4-6,8-9,14-15,29H,1,7,10-13,16H2,2-3H3,(H,26,28). The first-order valence-electron chi connectivity index (χ1n) is 10.1. The van der Waals surface area contributed by atoms with Gasteiger partial charge < -0.3 is 15.2 Å². The van der Waals surface area contributed by atoms with E-state index in [0.29, 0.717) is 50.2 Å². The van der Waals surface area contributed by atoms with Crippen LogP contribution in [0.15, 0.2) is 49.1 Å². The van der Waals surface area contributed by atoms with E-state index in [0.717, 1.165) is 11.1 Å². The average Bonchev–Trinajstić information content (AvgIpc) is 2.72. The Kier molecular flexibility index (Phi) is 6.77. The number of allylic oxidation sites excluding steroid dienone is 1. The van der Waals surface area contributed by atoms with Gasteiger partial charge in [-0.05, 0) is 37.0 Å². The molecule has 2 N–H and O–H groups in total. The molecule has 0 aromatic heterocycles. The molecule has 160 valence electrons. The van der Waals surface area contributed by atoms with Gasteiger partial charge in [0.2, 0.25) is 5.91 Å². The predicted molar refractivity (Wildman–Crippen MR) is 115 cm³/mol. The summed E-state index contributed by atoms with van der Waals surface area (Å²) in [6, 6.07) is 10.5. The monoisotopic (exact) mass is 412 g/mol. The Labute approximate surface area is 177 Å². The van der Waals surface area contributed by atoms with Gasteiger partial charge in [0.15, 0.2) is 11.5 Å². The summed E-state index contributed by atoms with van der Waals surface area (Å²) in [6.45, 7) is 7.30. The molecule has 0 aliphatic carbocycles. The number of benzene rings is 2. The summed E-state index contributed by atoms with van der Waals surface area (Å²) in [4.78, 5) is 14.2. The molecule has 5 nitrogen and oxygen atoms in total. The van der Waals surface area contributed by atoms with Gasteiger partial charge in [0.25, 0.3) is 0 Å². The summed E-state index contributed by atoms with van der Waals surface area (Å²) in [5, 5.41) is 13.3. The third-order valence-corrected chi connectivity index (χ3v) is 5.72. The molecule has 0 unspecified atom stereocenters. The van der Waals surface area contributed by atoms with E-state index in [9.17, 15) is 14.3 Å². The summed E-state index contributed by atoms with van der Waals surface area (Å²) in [5.74, 6) is 0.130. The van der Waals surface area contributed by atoms with Crippen LogP contribution in [0.3, 0.4) is 0 Å². The Bertz CT molecular complexity index is 921. The van der Waals surface area contributed by atoms with E-state index >= 15 is 0 Å². The van der Waals surface area contributed by atoms with Crippen LogP contribution >= 0.6 is 0 Å². The summed E-state index contributed by atoms with van der Waals surface area (Å²) in [5.41, 5.74) is 1.64. The van der Waals surface area contributed by atoms with E-state index in [-0.39, 0.29) is 17.5 Å². The fourth-order valence-corrected chi connectivity index (χ4v) is 4.29. The van der Waals surface area contributed by atoms with Crippen LogP contribution in [0.4, 0.5) is 4.39 Å². The molecule has 0 radical (unpaired) electrons. The van der Waals surface area contributed by atoms with Gasteiger partial charge in [0.05, 0.1) is 12.6 Å². The lowest BCUT2D eigenvalue weighted by atomic mass is 9.80. The Balaban J connectivity index is 1.79. The summed E-state index contributed by atoms with van der Waals surface area (Å²) < 4.78 is 19.9. The lowest BCUT2D eigenvalue weighted by molar-refractivity contribution is -0.121. The van der Waals surface area contributed by atoms with Crippen LogP contribution in [0.5, 0.6) is 11.5 Å². The molecule has 6 heteroatoms. The fourth-order valence-electron chi connectivity index (χ4n) is 4.29. The number of rotatable bonds is 7. The first-order valence-corrected chi connectivity index (χ1v) is 10.1. The highest BCUT2D eigenvalue weighted by Gasteiger charge is 2.38. The molecule has 1 fully saturated rings. The van der Waals surface area contributed by atoms with Gasteiger partial charge in [0, 0.05) is 37.7 Å². The molecule has 1 aliphatic rings. The molecule has 2 aromatic rings. The second-order valence-corrected chi connectivity index (χ2v) is 7.82. The van der Waals surface area contributed by atoms with Crippen LogP contribution in [0.2, 0.25) is 0 Å². The van der Waals surface area contributed by atoms with Gasteiger partial charge >= 0.3 is 0 Å². The Hall–Kier alpha value is -2.86. The lowest BCUT2D eigenvalue weighted by Crippen LogP contribution is -2.52. The Morgan fingerprint density at radius 3 is 2.63 bits per heavy atom. The maximum Gasteiger partial charge on any atom is 0.217 e. The largest absolute Gasteiger partial charge is 0.504 e. The third kappa shape index (κ3) is 4.65. The average molecular weight is 413 g/mol. The molecular weight excluding hydrogens is 383 g/mol. The minimum atomic E-state index is -0.700. The van der Waals surface area contributed by atoms with Crippen LogP contribution in [0.25, 0.3) is 0 Å². The molecule has 3 rings (SSSR count). The van der Waals surface area contributed by atoms with E-state index in [1.54, 1.807) is 24.3 Å². The number of phenolic OH excluding ortho intramolecular Hbond substituents is 1. The van der Waals surface area contributed by atoms with Gasteiger partial charge in [0.1, 0.15) is 5.82 Å². The zero-order valence-electron chi connectivity index (χ0n) is 17.6. The molecular formula is C24H29FN2O3. The number of hydrogen-bond acceptors (Lipinski definition) is 4. The van der Waals surface area contributed by atoms with Crippen molar-refractivity contribution in [1.82, 2.24) is 10.2 Å². The van der Waals surface area contributed by atoms with E-state index in [4.69, 9.17) is 4.74 Å². The van der Waals surface area contributed by atoms with Gasteiger partial charge in [-0.15, -0.1) is 6.58 Å². The number of methoxy groups -OCH3 is 1. The van der Waals surface area contributed by atoms with Crippen molar-refractivity contribution in [2.45, 2.75) is 38.3 Å². The Morgan fingerprint density at radius 1 is 1.33 bits per heavy atom. The van der Waals surface area contributed by atoms with E-state index < -0.39 is 5.54 Å². The molecule has 2 aromatic carbocycles. The van der Waals surface area contributed by atoms with Crippen molar-refractivity contribution in [3.05, 3.63) is 71.6 Å². The number of halogens is 1. The molecule has 1 saturated heterocycles. The number of likely N-dealkylation sites (tertiary alicyclic amines) is 1. The second-order valence-electron chi connectivity index (χ2n) is 7.82. The van der Waals surface area contributed by atoms with Gasteiger partial charge in [-0.1, -0.05) is 30.3 Å². The fraction of sp³-hybridized carbons (Fsp3) is 0.375. The van der Waals surface area contributed by atoms with E-state index in [1.807, 2.05) is 12.1 Å². The highest BCUT2D eigenvalue weighted by molar-refractivity contribution is 5.74. The van der Waals surface area contributed by atoms with Crippen LogP contribution < -0.4 is 10.1 Å². The molecule has 1 heterocycles. The first-order chi connectivity index (χ1) is 14.4. The summed E-state index contributed by atoms with van der Waals surface area (Å²) >= 11 is 0. The van der Waals surface area contributed by atoms with E-state index in [1.165, 1.54) is 20.1 Å². The molecule has 0 bridgehead atoms. The third-order valence-electron chi connectivity index (χ3n) is 5.72. The summed E-state index contributed by atoms with van der Waals surface area (Å²) in [6.07, 6.45) is 3.52. The topological polar surface area (TPSA) is 61.8 Å². The number of carbonyl (C=O) groups excluding carboxylic acids is 1. The minimum Gasteiger partial charge on any atom is -0.504 e. The number of ether oxygens (including phenoxy) is 1. The molecule has 0 saturated carbocycles. The number of phenols is 1. The number of carbonyl (C=O) groups is 1. The molecule has 0 atom stereocenters. The van der Waals surface area contributed by atoms with Gasteiger partial charge in [-0.25, -0.2) is 4.39 Å². The maximum atomic E-state index is 14.5. The number of nitrogens with one attached hydrogen (secondary N) is 1. The van der Waals surface area contributed by atoms with Gasteiger partial charge in [-0.3, -0.25) is 9.69 Å². The van der Waals surface area contributed by atoms with Crippen LogP contribution in [-0.2, 0) is 23.3 Å². The highest BCUT2D eigenvalue weighted by atomic mass is 19.1. The zero-order valence-corrected chi connectivity index (χ0v) is 17.6. The van der Waals surface area contributed by atoms with Crippen molar-refractivity contribution in [2.75, 3.05) is 20.2 Å². The number of amides is 1. The Morgan fingerprint density at radius 2 is 2.03 bits per heavy atom. The van der Waals surface area contributed by atoms with Crippen molar-refractivity contribution in [2.24, 2.45) is 0 Å². The van der Waals surface area contributed by atoms with Crippen molar-refractivity contribution in [3.8, 4) is 11.5 Å². The normalized spacial score (nSPS) is 16.1. The smallest absolute Gasteiger partial charge is 0.217 e. The number of aromatic hydroxyl groups is 1. The van der Waals surface area contributed by atoms with Crippen molar-refractivity contribution in [1.29, 1.82) is 0 Å². The van der Waals surface area contributed by atoms with Gasteiger partial charge in [-0.2, -0.15) is 0 Å².